The number of amides is 2. The molecular formula is C22H24N4O4. The van der Waals surface area contributed by atoms with Crippen molar-refractivity contribution in [2.24, 2.45) is 11.8 Å². The van der Waals surface area contributed by atoms with Gasteiger partial charge in [-0.3, -0.25) is 9.59 Å². The van der Waals surface area contributed by atoms with Crippen LogP contribution in [0.15, 0.2) is 30.5 Å². The third-order valence-electron chi connectivity index (χ3n) is 5.82. The maximum Gasteiger partial charge on any atom is 0.227 e. The fourth-order valence-corrected chi connectivity index (χ4v) is 4.04. The molecule has 1 saturated heterocycles. The van der Waals surface area contributed by atoms with E-state index in [-0.39, 0.29) is 24.3 Å². The minimum Gasteiger partial charge on any atom is -0.486 e. The number of ether oxygens (including phenoxy) is 2. The summed E-state index contributed by atoms with van der Waals surface area (Å²) in [5.74, 6) is 1.73. The van der Waals surface area contributed by atoms with Gasteiger partial charge in [-0.25, -0.2) is 9.97 Å². The number of hydrogen-bond acceptors (Lipinski definition) is 6. The fraction of sp³-hybridized carbons (Fsp3) is 0.455. The van der Waals surface area contributed by atoms with E-state index >= 15 is 0 Å². The van der Waals surface area contributed by atoms with Crippen LogP contribution in [0.1, 0.15) is 36.8 Å². The predicted octanol–water partition coefficient (Wildman–Crippen LogP) is 2.18. The van der Waals surface area contributed by atoms with Crippen molar-refractivity contribution >= 4 is 17.5 Å². The molecule has 2 amide bonds. The molecule has 1 aliphatic carbocycles. The normalized spacial score (nSPS) is 21.4. The van der Waals surface area contributed by atoms with Crippen LogP contribution < -0.4 is 19.7 Å². The van der Waals surface area contributed by atoms with Crippen LogP contribution in [0.5, 0.6) is 11.5 Å². The molecule has 3 aliphatic rings. The summed E-state index contributed by atoms with van der Waals surface area (Å²) in [4.78, 5) is 36.2. The zero-order chi connectivity index (χ0) is 20.7. The Morgan fingerprint density at radius 1 is 1.20 bits per heavy atom. The summed E-state index contributed by atoms with van der Waals surface area (Å²) in [7, 11) is 0. The largest absolute Gasteiger partial charge is 0.486 e. The topological polar surface area (TPSA) is 93.7 Å². The number of carbonyl (C=O) groups is 2. The van der Waals surface area contributed by atoms with Crippen LogP contribution in [0.4, 0.5) is 5.69 Å². The number of aryl methyl sites for hydroxylation is 1. The summed E-state index contributed by atoms with van der Waals surface area (Å²) < 4.78 is 11.2. The van der Waals surface area contributed by atoms with Gasteiger partial charge in [0.1, 0.15) is 13.2 Å². The highest BCUT2D eigenvalue weighted by molar-refractivity contribution is 6.00. The monoisotopic (exact) mass is 408 g/mol. The second kappa shape index (κ2) is 7.59. The smallest absolute Gasteiger partial charge is 0.227 e. The van der Waals surface area contributed by atoms with Crippen molar-refractivity contribution in [2.75, 3.05) is 24.7 Å². The summed E-state index contributed by atoms with van der Waals surface area (Å²) in [5, 5.41) is 3.12. The van der Waals surface area contributed by atoms with E-state index in [0.717, 1.165) is 24.2 Å². The van der Waals surface area contributed by atoms with Crippen LogP contribution in [0.2, 0.25) is 0 Å². The van der Waals surface area contributed by atoms with Crippen molar-refractivity contribution in [3.63, 3.8) is 0 Å². The molecule has 0 radical (unpaired) electrons. The molecule has 30 heavy (non-hydrogen) atoms. The third-order valence-corrected chi connectivity index (χ3v) is 5.82. The fourth-order valence-electron chi connectivity index (χ4n) is 4.04. The lowest BCUT2D eigenvalue weighted by Crippen LogP contribution is -2.37. The molecule has 1 saturated carbocycles. The zero-order valence-electron chi connectivity index (χ0n) is 16.8. The molecule has 2 fully saturated rings. The number of carbonyl (C=O) groups excluding carboxylic acids is 2. The van der Waals surface area contributed by atoms with Crippen LogP contribution in [-0.2, 0) is 9.59 Å². The maximum atomic E-state index is 13.0. The molecule has 8 heteroatoms. The SMILES string of the molecule is Cc1ccnc([C@H](NC(=O)[C@@H]2CC(=O)N(c3ccc4c(c3)OCCO4)C2)C2CC2)n1. The molecule has 2 aromatic rings. The first-order valence-corrected chi connectivity index (χ1v) is 10.4. The standard InChI is InChI=1S/C22H24N4O4/c1-13-6-7-23-21(24-13)20(14-2-3-14)25-22(28)15-10-19(27)26(12-15)16-4-5-17-18(11-16)30-9-8-29-17/h4-7,11,14-15,20H,2-3,8-10,12H2,1H3,(H,25,28)/t15-,20-/m1/s1. The van der Waals surface area contributed by atoms with E-state index < -0.39 is 5.92 Å². The lowest BCUT2D eigenvalue weighted by atomic mass is 10.1. The Labute approximate surface area is 174 Å². The number of aromatic nitrogens is 2. The third kappa shape index (κ3) is 3.69. The van der Waals surface area contributed by atoms with Gasteiger partial charge in [-0.1, -0.05) is 0 Å². The molecule has 5 rings (SSSR count). The van der Waals surface area contributed by atoms with Gasteiger partial charge in [-0.15, -0.1) is 0 Å². The van der Waals surface area contributed by atoms with Crippen molar-refractivity contribution in [3.8, 4) is 11.5 Å². The number of fused-ring (bicyclic) bond motifs is 1. The van der Waals surface area contributed by atoms with E-state index in [4.69, 9.17) is 9.47 Å². The highest BCUT2D eigenvalue weighted by atomic mass is 16.6. The lowest BCUT2D eigenvalue weighted by Gasteiger charge is -2.22. The molecule has 0 unspecified atom stereocenters. The minimum atomic E-state index is -0.406. The van der Waals surface area contributed by atoms with Crippen molar-refractivity contribution in [1.29, 1.82) is 0 Å². The van der Waals surface area contributed by atoms with Gasteiger partial charge in [0.2, 0.25) is 11.8 Å². The van der Waals surface area contributed by atoms with Gasteiger partial charge in [0, 0.05) is 36.6 Å². The predicted molar refractivity (Wildman–Crippen MR) is 108 cm³/mol. The highest BCUT2D eigenvalue weighted by Crippen LogP contribution is 2.40. The number of nitrogens with zero attached hydrogens (tertiary/aromatic N) is 3. The summed E-state index contributed by atoms with van der Waals surface area (Å²) in [6, 6.07) is 7.09. The number of benzene rings is 1. The first kappa shape index (κ1) is 18.8. The van der Waals surface area contributed by atoms with Gasteiger partial charge >= 0.3 is 0 Å². The average Bonchev–Trinajstić information content (AvgIpc) is 3.52. The maximum absolute atomic E-state index is 13.0. The van der Waals surface area contributed by atoms with Crippen LogP contribution >= 0.6 is 0 Å². The first-order chi connectivity index (χ1) is 14.6. The summed E-state index contributed by atoms with van der Waals surface area (Å²) in [5.41, 5.74) is 1.60. The molecule has 1 aromatic carbocycles. The first-order valence-electron chi connectivity index (χ1n) is 10.4. The van der Waals surface area contributed by atoms with Gasteiger partial charge in [0.05, 0.1) is 12.0 Å². The molecule has 8 nitrogen and oxygen atoms in total. The Morgan fingerprint density at radius 3 is 2.77 bits per heavy atom. The number of rotatable bonds is 5. The Kier molecular flexibility index (Phi) is 4.77. The van der Waals surface area contributed by atoms with Gasteiger partial charge in [0.15, 0.2) is 17.3 Å². The lowest BCUT2D eigenvalue weighted by molar-refractivity contribution is -0.127. The van der Waals surface area contributed by atoms with E-state index in [2.05, 4.69) is 15.3 Å². The second-order valence-corrected chi connectivity index (χ2v) is 8.11. The Bertz CT molecular complexity index is 991. The average molecular weight is 408 g/mol. The molecule has 156 valence electrons. The van der Waals surface area contributed by atoms with Crippen molar-refractivity contribution in [2.45, 2.75) is 32.2 Å². The van der Waals surface area contributed by atoms with Crippen molar-refractivity contribution in [3.05, 3.63) is 42.0 Å². The van der Waals surface area contributed by atoms with Crippen LogP contribution in [0, 0.1) is 18.8 Å². The van der Waals surface area contributed by atoms with Gasteiger partial charge in [-0.2, -0.15) is 0 Å². The van der Waals surface area contributed by atoms with E-state index in [9.17, 15) is 9.59 Å². The minimum absolute atomic E-state index is 0.0680. The Balaban J connectivity index is 1.29. The quantitative estimate of drug-likeness (QED) is 0.815. The van der Waals surface area contributed by atoms with E-state index in [1.807, 2.05) is 25.1 Å². The number of nitrogens with one attached hydrogen (secondary N) is 1. The molecule has 2 aliphatic heterocycles. The molecule has 1 N–H and O–H groups in total. The molecule has 1 aromatic heterocycles. The van der Waals surface area contributed by atoms with Crippen LogP contribution in [-0.4, -0.2) is 41.5 Å². The van der Waals surface area contributed by atoms with E-state index in [1.165, 1.54) is 0 Å². The molecule has 0 spiro atoms. The van der Waals surface area contributed by atoms with Crippen LogP contribution in [0.3, 0.4) is 0 Å². The van der Waals surface area contributed by atoms with Gasteiger partial charge < -0.3 is 19.7 Å². The molecular weight excluding hydrogens is 384 g/mol. The second-order valence-electron chi connectivity index (χ2n) is 8.11. The number of hydrogen-bond donors (Lipinski definition) is 1. The Morgan fingerprint density at radius 2 is 2.00 bits per heavy atom. The van der Waals surface area contributed by atoms with E-state index in [0.29, 0.717) is 43.0 Å². The molecule has 3 heterocycles. The summed E-state index contributed by atoms with van der Waals surface area (Å²) in [6.45, 7) is 3.26. The van der Waals surface area contributed by atoms with E-state index in [1.54, 1.807) is 17.2 Å². The summed E-state index contributed by atoms with van der Waals surface area (Å²) in [6.07, 6.45) is 4.01. The highest BCUT2D eigenvalue weighted by Gasteiger charge is 2.40. The van der Waals surface area contributed by atoms with Crippen molar-refractivity contribution < 1.29 is 19.1 Å². The van der Waals surface area contributed by atoms with Crippen LogP contribution in [0.25, 0.3) is 0 Å². The summed E-state index contributed by atoms with van der Waals surface area (Å²) >= 11 is 0. The van der Waals surface area contributed by atoms with Crippen molar-refractivity contribution in [1.82, 2.24) is 15.3 Å². The van der Waals surface area contributed by atoms with Gasteiger partial charge in [0.25, 0.3) is 0 Å². The Hall–Kier alpha value is -3.16. The zero-order valence-corrected chi connectivity index (χ0v) is 16.8. The molecule has 0 bridgehead atoms. The number of anilines is 1. The molecule has 2 atom stereocenters. The van der Waals surface area contributed by atoms with Gasteiger partial charge in [-0.05, 0) is 43.9 Å².